The van der Waals surface area contributed by atoms with Crippen molar-refractivity contribution in [3.05, 3.63) is 0 Å². The molecule has 0 aromatic carbocycles. The Morgan fingerprint density at radius 3 is 1.82 bits per heavy atom. The maximum atomic E-state index is 5.47. The van der Waals surface area contributed by atoms with Crippen molar-refractivity contribution < 1.29 is 50.7 Å². The van der Waals surface area contributed by atoms with Crippen LogP contribution >= 0.6 is 27.5 Å². The van der Waals surface area contributed by atoms with Gasteiger partial charge in [-0.15, -0.1) is 11.6 Å². The maximum Gasteiger partial charge on any atom is 1.00 e. The largest absolute Gasteiger partial charge is 1.00 e. The van der Waals surface area contributed by atoms with Crippen molar-refractivity contribution in [2.24, 2.45) is 0 Å². The molecule has 0 bridgehead atoms. The van der Waals surface area contributed by atoms with Gasteiger partial charge in [-0.2, -0.15) is 0 Å². The average Bonchev–Trinajstić information content (AvgIpc) is 1.81. The van der Waals surface area contributed by atoms with Gasteiger partial charge in [0.25, 0.3) is 0 Å². The first-order valence-corrected chi connectivity index (χ1v) is 4.69. The molecule has 60 valence electrons. The van der Waals surface area contributed by atoms with Crippen LogP contribution < -0.4 is 31.3 Å². The SMILES string of the molecule is ClCCCCCCBr.[Cl-].[Li+].[Zn]. The quantitative estimate of drug-likeness (QED) is 0.292. The van der Waals surface area contributed by atoms with E-state index in [0.29, 0.717) is 0 Å². The molecular weight excluding hydrogens is 295 g/mol. The van der Waals surface area contributed by atoms with Gasteiger partial charge in [-0.25, -0.2) is 0 Å². The monoisotopic (exact) mass is 304 g/mol. The molecule has 5 heteroatoms. The molecule has 0 rings (SSSR count). The van der Waals surface area contributed by atoms with Crippen molar-refractivity contribution in [2.75, 3.05) is 11.2 Å². The number of hydrogen-bond donors (Lipinski definition) is 0. The third kappa shape index (κ3) is 24.5. The van der Waals surface area contributed by atoms with Gasteiger partial charge in [-0.05, 0) is 12.8 Å². The average molecular weight is 307 g/mol. The fourth-order valence-electron chi connectivity index (χ4n) is 0.543. The minimum Gasteiger partial charge on any atom is -1.00 e. The van der Waals surface area contributed by atoms with Crippen molar-refractivity contribution in [3.63, 3.8) is 0 Å². The van der Waals surface area contributed by atoms with Gasteiger partial charge in [0.15, 0.2) is 0 Å². The first-order valence-electron chi connectivity index (χ1n) is 3.03. The Bertz CT molecular complexity index is 45.6. The van der Waals surface area contributed by atoms with E-state index in [1.165, 1.54) is 25.7 Å². The Balaban J connectivity index is -0.0000000817. The molecule has 0 amide bonds. The second-order valence-corrected chi connectivity index (χ2v) is 2.96. The summed E-state index contributed by atoms with van der Waals surface area (Å²) in [6, 6.07) is 0. The van der Waals surface area contributed by atoms with Crippen LogP contribution in [0.25, 0.3) is 0 Å². The van der Waals surface area contributed by atoms with Crippen LogP contribution in [-0.2, 0) is 19.5 Å². The van der Waals surface area contributed by atoms with E-state index < -0.39 is 0 Å². The van der Waals surface area contributed by atoms with E-state index >= 15 is 0 Å². The third-order valence-corrected chi connectivity index (χ3v) is 1.85. The zero-order valence-electron chi connectivity index (χ0n) is 7.08. The van der Waals surface area contributed by atoms with Crippen molar-refractivity contribution in [1.82, 2.24) is 0 Å². The van der Waals surface area contributed by atoms with E-state index in [2.05, 4.69) is 15.9 Å². The van der Waals surface area contributed by atoms with Crippen LogP contribution in [0.4, 0.5) is 0 Å². The summed E-state index contributed by atoms with van der Waals surface area (Å²) in [6.07, 6.45) is 5.07. The number of unbranched alkanes of at least 4 members (excludes halogenated alkanes) is 3. The maximum absolute atomic E-state index is 5.47. The topological polar surface area (TPSA) is 0 Å². The summed E-state index contributed by atoms with van der Waals surface area (Å²) in [5.41, 5.74) is 0. The van der Waals surface area contributed by atoms with Gasteiger partial charge < -0.3 is 12.4 Å². The van der Waals surface area contributed by atoms with Crippen molar-refractivity contribution in [2.45, 2.75) is 25.7 Å². The number of rotatable bonds is 5. The molecule has 0 aromatic rings. The summed E-state index contributed by atoms with van der Waals surface area (Å²) in [6.45, 7) is 0. The molecule has 0 atom stereocenters. The van der Waals surface area contributed by atoms with Crippen LogP contribution in [0, 0.1) is 0 Å². The molecule has 0 aliphatic carbocycles. The van der Waals surface area contributed by atoms with E-state index in [1.807, 2.05) is 0 Å². The van der Waals surface area contributed by atoms with Crippen molar-refractivity contribution in [1.29, 1.82) is 0 Å². The molecule has 0 saturated carbocycles. The van der Waals surface area contributed by atoms with Crippen LogP contribution in [0.2, 0.25) is 0 Å². The molecule has 0 spiro atoms. The predicted molar refractivity (Wildman–Crippen MR) is 43.0 cm³/mol. The van der Waals surface area contributed by atoms with Crippen molar-refractivity contribution >= 4 is 27.5 Å². The summed E-state index contributed by atoms with van der Waals surface area (Å²) in [4.78, 5) is 0. The molecule has 0 N–H and O–H groups in total. The van der Waals surface area contributed by atoms with E-state index in [-0.39, 0.29) is 50.7 Å². The van der Waals surface area contributed by atoms with Gasteiger partial charge in [0.1, 0.15) is 0 Å². The third-order valence-electron chi connectivity index (χ3n) is 1.02. The predicted octanol–water partition coefficient (Wildman–Crippen LogP) is -2.81. The summed E-state index contributed by atoms with van der Waals surface area (Å²) in [7, 11) is 0. The van der Waals surface area contributed by atoms with Gasteiger partial charge >= 0.3 is 18.9 Å². The van der Waals surface area contributed by atoms with Crippen LogP contribution in [0.5, 0.6) is 0 Å². The van der Waals surface area contributed by atoms with Gasteiger partial charge in [-0.1, -0.05) is 28.8 Å². The summed E-state index contributed by atoms with van der Waals surface area (Å²) >= 11 is 8.84. The van der Waals surface area contributed by atoms with Gasteiger partial charge in [0.2, 0.25) is 0 Å². The first-order chi connectivity index (χ1) is 3.91. The molecule has 0 nitrogen and oxygen atoms in total. The van der Waals surface area contributed by atoms with E-state index in [0.717, 1.165) is 11.2 Å². The number of hydrogen-bond acceptors (Lipinski definition) is 0. The fourth-order valence-corrected chi connectivity index (χ4v) is 1.13. The summed E-state index contributed by atoms with van der Waals surface area (Å²) in [5.74, 6) is 0.822. The molecule has 0 heterocycles. The number of alkyl halides is 2. The summed E-state index contributed by atoms with van der Waals surface area (Å²) in [5, 5.41) is 1.13. The van der Waals surface area contributed by atoms with E-state index in [9.17, 15) is 0 Å². The molecule has 0 aliphatic heterocycles. The fraction of sp³-hybridized carbons (Fsp3) is 1.00. The Labute approximate surface area is 114 Å². The van der Waals surface area contributed by atoms with Crippen LogP contribution in [0.15, 0.2) is 0 Å². The van der Waals surface area contributed by atoms with Crippen molar-refractivity contribution in [3.8, 4) is 0 Å². The molecular formula is C6H12BrCl2LiZn. The molecule has 0 unspecified atom stereocenters. The second-order valence-electron chi connectivity index (χ2n) is 1.79. The smallest absolute Gasteiger partial charge is 1.00 e. The van der Waals surface area contributed by atoms with E-state index in [4.69, 9.17) is 11.6 Å². The Hall–Kier alpha value is 2.28. The first kappa shape index (κ1) is 23.3. The molecule has 0 radical (unpaired) electrons. The zero-order chi connectivity index (χ0) is 6.24. The summed E-state index contributed by atoms with van der Waals surface area (Å²) < 4.78 is 0. The molecule has 11 heavy (non-hydrogen) atoms. The van der Waals surface area contributed by atoms with Crippen LogP contribution in [0.1, 0.15) is 25.7 Å². The molecule has 0 aromatic heterocycles. The van der Waals surface area contributed by atoms with Gasteiger partial charge in [0.05, 0.1) is 0 Å². The molecule has 0 saturated heterocycles. The zero-order valence-corrected chi connectivity index (χ0v) is 13.1. The van der Waals surface area contributed by atoms with Gasteiger partial charge in [0, 0.05) is 30.7 Å². The van der Waals surface area contributed by atoms with Gasteiger partial charge in [-0.3, -0.25) is 0 Å². The normalized spacial score (nSPS) is 7.09. The molecule has 0 aliphatic rings. The van der Waals surface area contributed by atoms with E-state index in [1.54, 1.807) is 0 Å². The Morgan fingerprint density at radius 2 is 1.45 bits per heavy atom. The van der Waals surface area contributed by atoms with Crippen LogP contribution in [0.3, 0.4) is 0 Å². The second kappa shape index (κ2) is 22.8. The minimum absolute atomic E-state index is 0. The van der Waals surface area contributed by atoms with Crippen LogP contribution in [-0.4, -0.2) is 11.2 Å². The number of halogens is 3. The molecule has 0 fully saturated rings. The Morgan fingerprint density at radius 1 is 1.00 bits per heavy atom. The minimum atomic E-state index is 0. The standard InChI is InChI=1S/C6H12BrCl.ClH.Li.Zn/c7-5-3-1-2-4-6-8;;;/h1-6H2;1H;;/q;;+1;/p-1. The Kier molecular flexibility index (Phi) is 48.2.